The Hall–Kier alpha value is -2.06. The number of hydrogen-bond donors (Lipinski definition) is 0. The summed E-state index contributed by atoms with van der Waals surface area (Å²) in [4.78, 5) is 15.2. The number of halogens is 1. The minimum atomic E-state index is 0.0125. The molecule has 0 saturated heterocycles. The number of carbonyl (C=O) groups excluding carboxylic acids is 1. The van der Waals surface area contributed by atoms with Crippen molar-refractivity contribution in [2.24, 2.45) is 0 Å². The predicted molar refractivity (Wildman–Crippen MR) is 112 cm³/mol. The Morgan fingerprint density at radius 1 is 0.885 bits per heavy atom. The highest BCUT2D eigenvalue weighted by molar-refractivity contribution is 6.30. The van der Waals surface area contributed by atoms with Crippen molar-refractivity contribution < 1.29 is 4.79 Å². The molecule has 2 nitrogen and oxygen atoms in total. The van der Waals surface area contributed by atoms with Crippen molar-refractivity contribution >= 4 is 23.1 Å². The van der Waals surface area contributed by atoms with Crippen LogP contribution in [0.15, 0.2) is 60.7 Å². The molecule has 0 unspecified atom stereocenters. The number of allylic oxidation sites excluding steroid dienone is 1. The first kappa shape index (κ1) is 20.3. The second-order valence-corrected chi connectivity index (χ2v) is 6.90. The van der Waals surface area contributed by atoms with E-state index in [0.29, 0.717) is 10.6 Å². The van der Waals surface area contributed by atoms with E-state index in [4.69, 9.17) is 11.6 Å². The van der Waals surface area contributed by atoms with E-state index in [2.05, 4.69) is 30.9 Å². The molecule has 0 atom stereocenters. The summed E-state index contributed by atoms with van der Waals surface area (Å²) in [5, 5.41) is 0.640. The van der Waals surface area contributed by atoms with E-state index in [1.807, 2.05) is 18.2 Å². The molecule has 0 fully saturated rings. The van der Waals surface area contributed by atoms with Gasteiger partial charge in [-0.2, -0.15) is 0 Å². The van der Waals surface area contributed by atoms with Crippen molar-refractivity contribution in [2.75, 3.05) is 13.1 Å². The zero-order valence-corrected chi connectivity index (χ0v) is 16.5. The van der Waals surface area contributed by atoms with Gasteiger partial charge in [-0.1, -0.05) is 68.6 Å². The molecule has 2 aromatic rings. The number of ketones is 1. The molecule has 0 saturated carbocycles. The monoisotopic (exact) mass is 369 g/mol. The Morgan fingerprint density at radius 2 is 1.46 bits per heavy atom. The molecule has 138 valence electrons. The van der Waals surface area contributed by atoms with Crippen LogP contribution in [-0.2, 0) is 0 Å². The van der Waals surface area contributed by atoms with Crippen LogP contribution in [0.5, 0.6) is 0 Å². The highest BCUT2D eigenvalue weighted by atomic mass is 35.5. The minimum Gasteiger partial charge on any atom is -0.371 e. The molecule has 2 aromatic carbocycles. The lowest BCUT2D eigenvalue weighted by atomic mass is 10.0. The Bertz CT molecular complexity index is 699. The highest BCUT2D eigenvalue weighted by Crippen LogP contribution is 2.22. The molecular formula is C23H28ClNO. The van der Waals surface area contributed by atoms with Crippen LogP contribution in [0.3, 0.4) is 0 Å². The van der Waals surface area contributed by atoms with Gasteiger partial charge in [0, 0.05) is 35.4 Å². The van der Waals surface area contributed by atoms with Gasteiger partial charge >= 0.3 is 0 Å². The van der Waals surface area contributed by atoms with E-state index in [1.54, 1.807) is 30.3 Å². The third-order valence-electron chi connectivity index (χ3n) is 4.37. The second-order valence-electron chi connectivity index (χ2n) is 6.46. The molecule has 0 aliphatic carbocycles. The molecule has 0 aromatic heterocycles. The Kier molecular flexibility index (Phi) is 8.43. The van der Waals surface area contributed by atoms with Crippen molar-refractivity contribution in [1.29, 1.82) is 0 Å². The molecule has 0 N–H and O–H groups in total. The van der Waals surface area contributed by atoms with Crippen LogP contribution < -0.4 is 0 Å². The standard InChI is InChI=1S/C23H28ClNO/c1-3-5-16-25(17-6-4-2)22(19-10-8-7-9-11-19)18-23(26)20-12-14-21(24)15-13-20/h7-15,18H,3-6,16-17H2,1-2H3/b22-18+. The summed E-state index contributed by atoms with van der Waals surface area (Å²) in [5.74, 6) is 0.0125. The van der Waals surface area contributed by atoms with E-state index in [9.17, 15) is 4.79 Å². The van der Waals surface area contributed by atoms with Gasteiger partial charge in [-0.25, -0.2) is 0 Å². The van der Waals surface area contributed by atoms with Gasteiger partial charge < -0.3 is 4.90 Å². The lowest BCUT2D eigenvalue weighted by Crippen LogP contribution is -2.25. The average Bonchev–Trinajstić information content (AvgIpc) is 2.68. The van der Waals surface area contributed by atoms with Gasteiger partial charge in [0.1, 0.15) is 0 Å². The first-order valence-corrected chi connectivity index (χ1v) is 9.85. The van der Waals surface area contributed by atoms with Crippen molar-refractivity contribution in [3.63, 3.8) is 0 Å². The van der Waals surface area contributed by atoms with Crippen molar-refractivity contribution in [2.45, 2.75) is 39.5 Å². The molecule has 0 radical (unpaired) electrons. The van der Waals surface area contributed by atoms with Gasteiger partial charge in [0.05, 0.1) is 0 Å². The number of unbranched alkanes of at least 4 members (excludes halogenated alkanes) is 2. The van der Waals surface area contributed by atoms with Crippen LogP contribution in [0.2, 0.25) is 5.02 Å². The predicted octanol–water partition coefficient (Wildman–Crippen LogP) is 6.47. The fourth-order valence-electron chi connectivity index (χ4n) is 2.84. The maximum atomic E-state index is 12.8. The van der Waals surface area contributed by atoms with Gasteiger partial charge in [-0.15, -0.1) is 0 Å². The summed E-state index contributed by atoms with van der Waals surface area (Å²) in [6.45, 7) is 6.32. The number of nitrogens with zero attached hydrogens (tertiary/aromatic N) is 1. The van der Waals surface area contributed by atoms with Crippen molar-refractivity contribution in [1.82, 2.24) is 4.90 Å². The van der Waals surface area contributed by atoms with E-state index < -0.39 is 0 Å². The maximum absolute atomic E-state index is 12.8. The molecule has 0 bridgehead atoms. The summed E-state index contributed by atoms with van der Waals surface area (Å²) < 4.78 is 0. The third kappa shape index (κ3) is 6.03. The molecule has 0 spiro atoms. The number of hydrogen-bond acceptors (Lipinski definition) is 2. The Balaban J connectivity index is 2.38. The Morgan fingerprint density at radius 3 is 2.00 bits per heavy atom. The van der Waals surface area contributed by atoms with Crippen LogP contribution in [0.1, 0.15) is 55.5 Å². The van der Waals surface area contributed by atoms with Gasteiger partial charge in [-0.3, -0.25) is 4.79 Å². The summed E-state index contributed by atoms with van der Waals surface area (Å²) in [6.07, 6.45) is 6.28. The molecule has 0 heterocycles. The lowest BCUT2D eigenvalue weighted by Gasteiger charge is -2.28. The van der Waals surface area contributed by atoms with Crippen LogP contribution in [0.4, 0.5) is 0 Å². The van der Waals surface area contributed by atoms with E-state index in [1.165, 1.54) is 0 Å². The maximum Gasteiger partial charge on any atom is 0.187 e. The summed E-state index contributed by atoms with van der Waals surface area (Å²) in [6, 6.07) is 17.3. The number of carbonyl (C=O) groups is 1. The first-order chi connectivity index (χ1) is 12.7. The molecule has 0 aliphatic heterocycles. The van der Waals surface area contributed by atoms with Gasteiger partial charge in [-0.05, 0) is 42.7 Å². The quantitative estimate of drug-likeness (QED) is 0.353. The summed E-state index contributed by atoms with van der Waals surface area (Å²) in [7, 11) is 0. The first-order valence-electron chi connectivity index (χ1n) is 9.47. The van der Waals surface area contributed by atoms with Gasteiger partial charge in [0.15, 0.2) is 5.78 Å². The van der Waals surface area contributed by atoms with Gasteiger partial charge in [0.2, 0.25) is 0 Å². The summed E-state index contributed by atoms with van der Waals surface area (Å²) in [5.41, 5.74) is 2.75. The van der Waals surface area contributed by atoms with Crippen LogP contribution in [0, 0.1) is 0 Å². The van der Waals surface area contributed by atoms with E-state index in [-0.39, 0.29) is 5.78 Å². The highest BCUT2D eigenvalue weighted by Gasteiger charge is 2.14. The van der Waals surface area contributed by atoms with E-state index in [0.717, 1.165) is 50.0 Å². The molecule has 0 aliphatic rings. The van der Waals surface area contributed by atoms with Gasteiger partial charge in [0.25, 0.3) is 0 Å². The smallest absolute Gasteiger partial charge is 0.187 e. The zero-order chi connectivity index (χ0) is 18.8. The normalized spacial score (nSPS) is 11.4. The summed E-state index contributed by atoms with van der Waals surface area (Å²) >= 11 is 5.95. The molecule has 3 heteroatoms. The lowest BCUT2D eigenvalue weighted by molar-refractivity contribution is 0.104. The Labute approximate surface area is 162 Å². The van der Waals surface area contributed by atoms with Crippen LogP contribution in [0.25, 0.3) is 5.70 Å². The number of rotatable bonds is 10. The van der Waals surface area contributed by atoms with Crippen molar-refractivity contribution in [3.05, 3.63) is 76.8 Å². The molecule has 2 rings (SSSR count). The largest absolute Gasteiger partial charge is 0.371 e. The minimum absolute atomic E-state index is 0.0125. The van der Waals surface area contributed by atoms with Crippen LogP contribution in [-0.4, -0.2) is 23.8 Å². The number of benzene rings is 2. The van der Waals surface area contributed by atoms with Crippen molar-refractivity contribution in [3.8, 4) is 0 Å². The topological polar surface area (TPSA) is 20.3 Å². The SMILES string of the molecule is CCCCN(CCCC)/C(=C/C(=O)c1ccc(Cl)cc1)c1ccccc1. The fourth-order valence-corrected chi connectivity index (χ4v) is 2.96. The van der Waals surface area contributed by atoms with Crippen LogP contribution >= 0.6 is 11.6 Å². The second kappa shape index (κ2) is 10.8. The fraction of sp³-hybridized carbons (Fsp3) is 0.348. The molecule has 0 amide bonds. The molecule has 26 heavy (non-hydrogen) atoms. The molecular weight excluding hydrogens is 342 g/mol. The zero-order valence-electron chi connectivity index (χ0n) is 15.7. The average molecular weight is 370 g/mol. The van der Waals surface area contributed by atoms with E-state index >= 15 is 0 Å². The third-order valence-corrected chi connectivity index (χ3v) is 4.62.